The normalized spacial score (nSPS) is 16.7. The van der Waals surface area contributed by atoms with Crippen LogP contribution >= 0.6 is 20.5 Å². The van der Waals surface area contributed by atoms with Gasteiger partial charge in [0.05, 0.1) is 0 Å². The summed E-state index contributed by atoms with van der Waals surface area (Å²) in [6.07, 6.45) is -2.11. The molecule has 0 rings (SSSR count). The highest BCUT2D eigenvalue weighted by molar-refractivity contribution is 7.80. The predicted molar refractivity (Wildman–Crippen MR) is 34.0 cm³/mol. The van der Waals surface area contributed by atoms with E-state index in [9.17, 15) is 8.96 Å². The lowest BCUT2D eigenvalue weighted by Gasteiger charge is -2.02. The first-order valence-electron chi connectivity index (χ1n) is 1.87. The molecule has 0 fully saturated rings. The van der Waals surface area contributed by atoms with Gasteiger partial charge in [-0.15, -0.1) is 0 Å². The Morgan fingerprint density at radius 2 is 2.44 bits per heavy atom. The zero-order valence-corrected chi connectivity index (χ0v) is 6.02. The Hall–Kier alpha value is -0.0300. The lowest BCUT2D eigenvalue weighted by molar-refractivity contribution is 0.127. The summed E-state index contributed by atoms with van der Waals surface area (Å²) in [6.45, 7) is 0. The summed E-state index contributed by atoms with van der Waals surface area (Å²) < 4.78 is 25.4. The minimum atomic E-state index is -3.27. The van der Waals surface area contributed by atoms with Crippen molar-refractivity contribution in [2.75, 3.05) is 0 Å². The van der Waals surface area contributed by atoms with E-state index in [0.717, 1.165) is 0 Å². The summed E-state index contributed by atoms with van der Waals surface area (Å²) in [4.78, 5) is 7.36. The van der Waals surface area contributed by atoms with Gasteiger partial charge in [-0.25, -0.2) is 4.39 Å². The largest absolute Gasteiger partial charge is 0.389 e. The molecule has 4 nitrogen and oxygen atoms in total. The second kappa shape index (κ2) is 3.90. The minimum Gasteiger partial charge on any atom is -0.389 e. The van der Waals surface area contributed by atoms with E-state index in [2.05, 4.69) is 22.5 Å². The van der Waals surface area contributed by atoms with Crippen LogP contribution in [0.1, 0.15) is 0 Å². The molecule has 0 aliphatic rings. The van der Waals surface area contributed by atoms with E-state index >= 15 is 0 Å². The molecule has 0 aliphatic carbocycles. The number of thiocarbonyl (C=S) groups is 1. The van der Waals surface area contributed by atoms with Gasteiger partial charge in [0.15, 0.2) is 0 Å². The van der Waals surface area contributed by atoms with Gasteiger partial charge in [0, 0.05) is 0 Å². The average molecular weight is 173 g/mol. The lowest BCUT2D eigenvalue weighted by atomic mass is 10.7. The molecule has 2 atom stereocenters. The summed E-state index contributed by atoms with van der Waals surface area (Å²) >= 11 is 4.08. The Labute approximate surface area is 56.8 Å². The van der Waals surface area contributed by atoms with E-state index < -0.39 is 19.6 Å². The van der Waals surface area contributed by atoms with Crippen molar-refractivity contribution in [2.24, 2.45) is 5.73 Å². The lowest BCUT2D eigenvalue weighted by Crippen LogP contribution is -2.22. The zero-order chi connectivity index (χ0) is 7.44. The van der Waals surface area contributed by atoms with E-state index in [1.165, 1.54) is 0 Å². The standard InChI is InChI=1S/C2H5FNO3PS/c3-1(2(4)9)7-8(5)6/h1,8H,(H2,4,9)(H,5,6). The first kappa shape index (κ1) is 8.97. The summed E-state index contributed by atoms with van der Waals surface area (Å²) in [7, 11) is -3.27. The highest BCUT2D eigenvalue weighted by Crippen LogP contribution is 2.18. The van der Waals surface area contributed by atoms with E-state index in [4.69, 9.17) is 4.89 Å². The number of nitrogens with two attached hydrogens (primary N) is 1. The fourth-order valence-electron chi connectivity index (χ4n) is 0.147. The van der Waals surface area contributed by atoms with Crippen LogP contribution in [0.3, 0.4) is 0 Å². The summed E-state index contributed by atoms with van der Waals surface area (Å²) in [5.74, 6) is 0. The summed E-state index contributed by atoms with van der Waals surface area (Å²) in [6, 6.07) is 0. The van der Waals surface area contributed by atoms with Gasteiger partial charge in [-0.2, -0.15) is 0 Å². The Kier molecular flexibility index (Phi) is 3.88. The Morgan fingerprint density at radius 3 is 2.56 bits per heavy atom. The molecule has 54 valence electrons. The second-order valence-corrected chi connectivity index (χ2v) is 2.34. The van der Waals surface area contributed by atoms with Gasteiger partial charge >= 0.3 is 8.25 Å². The summed E-state index contributed by atoms with van der Waals surface area (Å²) in [5, 5.41) is 0. The fourth-order valence-corrected chi connectivity index (χ4v) is 0.584. The number of alkyl halides is 1. The van der Waals surface area contributed by atoms with Crippen LogP contribution < -0.4 is 5.73 Å². The Balaban J connectivity index is 3.63. The van der Waals surface area contributed by atoms with Gasteiger partial charge in [0.2, 0.25) is 0 Å². The number of halogens is 1. The Morgan fingerprint density at radius 1 is 2.00 bits per heavy atom. The van der Waals surface area contributed by atoms with Crippen molar-refractivity contribution in [1.29, 1.82) is 0 Å². The van der Waals surface area contributed by atoms with Gasteiger partial charge < -0.3 is 10.6 Å². The topological polar surface area (TPSA) is 72.5 Å². The van der Waals surface area contributed by atoms with E-state index in [1.54, 1.807) is 0 Å². The maximum Gasteiger partial charge on any atom is 0.319 e. The van der Waals surface area contributed by atoms with Crippen molar-refractivity contribution in [3.05, 3.63) is 0 Å². The molecule has 2 unspecified atom stereocenters. The maximum absolute atomic E-state index is 12.0. The average Bonchev–Trinajstić information content (AvgIpc) is 1.63. The van der Waals surface area contributed by atoms with Crippen LogP contribution in [-0.4, -0.2) is 16.2 Å². The van der Waals surface area contributed by atoms with E-state index in [1.807, 2.05) is 0 Å². The Bertz CT molecular complexity index is 142. The molecule has 9 heavy (non-hydrogen) atoms. The molecule has 0 heterocycles. The predicted octanol–water partition coefficient (Wildman–Crippen LogP) is -0.0333. The number of hydrogen-bond donors (Lipinski definition) is 2. The SMILES string of the molecule is NC(=S)C(F)O[PH](=O)O. The molecule has 0 saturated heterocycles. The van der Waals surface area contributed by atoms with Gasteiger partial charge in [-0.05, 0) is 0 Å². The van der Waals surface area contributed by atoms with Crippen LogP contribution in [0.5, 0.6) is 0 Å². The maximum atomic E-state index is 12.0. The molecule has 0 aliphatic heterocycles. The van der Waals surface area contributed by atoms with Crippen molar-refractivity contribution >= 4 is 25.5 Å². The smallest absolute Gasteiger partial charge is 0.319 e. The second-order valence-electron chi connectivity index (χ2n) is 1.10. The van der Waals surface area contributed by atoms with Gasteiger partial charge in [0.25, 0.3) is 6.36 Å². The third-order valence-electron chi connectivity index (χ3n) is 0.428. The van der Waals surface area contributed by atoms with Crippen molar-refractivity contribution in [1.82, 2.24) is 0 Å². The van der Waals surface area contributed by atoms with Crippen molar-refractivity contribution in [3.63, 3.8) is 0 Å². The van der Waals surface area contributed by atoms with Crippen LogP contribution in [-0.2, 0) is 9.09 Å². The molecule has 0 radical (unpaired) electrons. The van der Waals surface area contributed by atoms with Gasteiger partial charge in [0.1, 0.15) is 4.99 Å². The van der Waals surface area contributed by atoms with Crippen LogP contribution in [0.4, 0.5) is 4.39 Å². The zero-order valence-electron chi connectivity index (χ0n) is 4.20. The van der Waals surface area contributed by atoms with Crippen molar-refractivity contribution in [3.8, 4) is 0 Å². The molecule has 0 aromatic rings. The monoisotopic (exact) mass is 173 g/mol. The fraction of sp³-hybridized carbons (Fsp3) is 0.500. The molecule has 0 bridgehead atoms. The molecular formula is C2H5FNO3PS. The molecule has 0 aromatic heterocycles. The first-order chi connectivity index (χ1) is 4.04. The third-order valence-corrected chi connectivity index (χ3v) is 1.02. The van der Waals surface area contributed by atoms with Crippen LogP contribution in [0.25, 0.3) is 0 Å². The molecule has 7 heteroatoms. The van der Waals surface area contributed by atoms with E-state index in [0.29, 0.717) is 0 Å². The first-order valence-corrected chi connectivity index (χ1v) is 3.54. The molecular weight excluding hydrogens is 168 g/mol. The summed E-state index contributed by atoms with van der Waals surface area (Å²) in [5.41, 5.74) is 4.68. The van der Waals surface area contributed by atoms with Crippen molar-refractivity contribution < 1.29 is 18.4 Å². The molecule has 0 saturated carbocycles. The molecule has 0 aromatic carbocycles. The number of hydrogen-bond acceptors (Lipinski definition) is 3. The highest BCUT2D eigenvalue weighted by Gasteiger charge is 2.11. The van der Waals surface area contributed by atoms with Crippen LogP contribution in [0.15, 0.2) is 0 Å². The highest BCUT2D eigenvalue weighted by atomic mass is 32.1. The third kappa shape index (κ3) is 4.47. The van der Waals surface area contributed by atoms with Crippen LogP contribution in [0, 0.1) is 0 Å². The minimum absolute atomic E-state index is 0.581. The van der Waals surface area contributed by atoms with E-state index in [-0.39, 0.29) is 0 Å². The molecule has 0 spiro atoms. The van der Waals surface area contributed by atoms with Crippen LogP contribution in [0.2, 0.25) is 0 Å². The molecule has 3 N–H and O–H groups in total. The number of rotatable bonds is 3. The quantitative estimate of drug-likeness (QED) is 0.463. The van der Waals surface area contributed by atoms with Gasteiger partial charge in [-0.3, -0.25) is 9.09 Å². The molecule has 0 amide bonds. The van der Waals surface area contributed by atoms with Gasteiger partial charge in [-0.1, -0.05) is 12.2 Å². The van der Waals surface area contributed by atoms with Crippen molar-refractivity contribution in [2.45, 2.75) is 6.36 Å².